The average Bonchev–Trinajstić information content (AvgIpc) is 2.46. The second-order valence-electron chi connectivity index (χ2n) is 9.87. The third kappa shape index (κ3) is 4.75. The fraction of sp³-hybridized carbons (Fsp3) is 1.00. The van der Waals surface area contributed by atoms with Crippen LogP contribution >= 0.6 is 0 Å². The molecule has 0 radical (unpaired) electrons. The monoisotopic (exact) mass is 338 g/mol. The van der Waals surface area contributed by atoms with E-state index in [0.29, 0.717) is 11.8 Å². The van der Waals surface area contributed by atoms with Crippen LogP contribution in [0.15, 0.2) is 0 Å². The van der Waals surface area contributed by atoms with Crippen LogP contribution in [0.25, 0.3) is 0 Å². The van der Waals surface area contributed by atoms with Gasteiger partial charge in [-0.1, -0.05) is 47.0 Å². The summed E-state index contributed by atoms with van der Waals surface area (Å²) in [5.41, 5.74) is 0.251. The van der Waals surface area contributed by atoms with E-state index in [1.165, 1.54) is 25.7 Å². The summed E-state index contributed by atoms with van der Waals surface area (Å²) in [6, 6.07) is 0. The summed E-state index contributed by atoms with van der Waals surface area (Å²) in [4.78, 5) is 0. The molecule has 2 heteroatoms. The molecule has 2 saturated carbocycles. The molecule has 0 spiro atoms. The zero-order valence-electron chi connectivity index (χ0n) is 16.8. The standard InChI is InChI=1S/C22H42O2/c1-15(2)18-11-10-16(3)14-19(18)21-20(24)9-7-13-22(21,5)12-6-8-17(4)23/h15-21,23-24H,6-14H2,1-5H3. The van der Waals surface area contributed by atoms with Crippen LogP contribution in [0.3, 0.4) is 0 Å². The van der Waals surface area contributed by atoms with E-state index in [0.717, 1.165) is 49.9 Å². The number of aliphatic hydroxyl groups excluding tert-OH is 2. The highest BCUT2D eigenvalue weighted by Crippen LogP contribution is 2.54. The van der Waals surface area contributed by atoms with Gasteiger partial charge >= 0.3 is 0 Å². The van der Waals surface area contributed by atoms with Gasteiger partial charge in [-0.2, -0.15) is 0 Å². The van der Waals surface area contributed by atoms with Crippen molar-refractivity contribution in [3.05, 3.63) is 0 Å². The maximum atomic E-state index is 11.0. The van der Waals surface area contributed by atoms with Gasteiger partial charge in [0.15, 0.2) is 0 Å². The van der Waals surface area contributed by atoms with Crippen molar-refractivity contribution in [1.82, 2.24) is 0 Å². The summed E-state index contributed by atoms with van der Waals surface area (Å²) in [5, 5.41) is 20.6. The average molecular weight is 339 g/mol. The van der Waals surface area contributed by atoms with Crippen molar-refractivity contribution in [2.75, 3.05) is 0 Å². The molecule has 2 rings (SSSR count). The molecule has 142 valence electrons. The second-order valence-corrected chi connectivity index (χ2v) is 9.87. The van der Waals surface area contributed by atoms with Crippen LogP contribution in [-0.2, 0) is 0 Å². The molecule has 7 unspecified atom stereocenters. The molecule has 0 aromatic carbocycles. The van der Waals surface area contributed by atoms with Gasteiger partial charge in [-0.25, -0.2) is 0 Å². The van der Waals surface area contributed by atoms with Crippen molar-refractivity contribution in [3.63, 3.8) is 0 Å². The van der Waals surface area contributed by atoms with Crippen LogP contribution in [0, 0.1) is 35.0 Å². The lowest BCUT2D eigenvalue weighted by Crippen LogP contribution is -2.49. The highest BCUT2D eigenvalue weighted by molar-refractivity contribution is 4.98. The second kappa shape index (κ2) is 8.54. The first-order valence-electron chi connectivity index (χ1n) is 10.6. The maximum Gasteiger partial charge on any atom is 0.0576 e. The molecular weight excluding hydrogens is 296 g/mol. The zero-order chi connectivity index (χ0) is 17.9. The molecule has 0 aromatic rings. The Balaban J connectivity index is 2.19. The molecule has 0 aliphatic heterocycles. The molecule has 0 bridgehead atoms. The molecule has 2 fully saturated rings. The van der Waals surface area contributed by atoms with Crippen LogP contribution < -0.4 is 0 Å². The van der Waals surface area contributed by atoms with Gasteiger partial charge in [0.25, 0.3) is 0 Å². The van der Waals surface area contributed by atoms with E-state index < -0.39 is 0 Å². The van der Waals surface area contributed by atoms with Gasteiger partial charge in [0.1, 0.15) is 0 Å². The minimum Gasteiger partial charge on any atom is -0.393 e. The molecular formula is C22H42O2. The molecule has 2 N–H and O–H groups in total. The predicted octanol–water partition coefficient (Wildman–Crippen LogP) is 5.41. The van der Waals surface area contributed by atoms with Crippen LogP contribution in [0.4, 0.5) is 0 Å². The van der Waals surface area contributed by atoms with Crippen molar-refractivity contribution in [3.8, 4) is 0 Å². The van der Waals surface area contributed by atoms with Gasteiger partial charge in [-0.05, 0) is 80.5 Å². The lowest BCUT2D eigenvalue weighted by molar-refractivity contribution is -0.0900. The Morgan fingerprint density at radius 2 is 1.83 bits per heavy atom. The first-order valence-corrected chi connectivity index (χ1v) is 10.6. The van der Waals surface area contributed by atoms with E-state index in [9.17, 15) is 10.2 Å². The Kier molecular flexibility index (Phi) is 7.20. The quantitative estimate of drug-likeness (QED) is 0.679. The number of hydrogen-bond donors (Lipinski definition) is 2. The summed E-state index contributed by atoms with van der Waals surface area (Å²) < 4.78 is 0. The minimum absolute atomic E-state index is 0.119. The molecule has 24 heavy (non-hydrogen) atoms. The number of aliphatic hydroxyl groups is 2. The van der Waals surface area contributed by atoms with E-state index in [1.807, 2.05) is 6.92 Å². The molecule has 2 aliphatic carbocycles. The van der Waals surface area contributed by atoms with Crippen molar-refractivity contribution in [1.29, 1.82) is 0 Å². The van der Waals surface area contributed by atoms with Gasteiger partial charge in [-0.3, -0.25) is 0 Å². The smallest absolute Gasteiger partial charge is 0.0576 e. The summed E-state index contributed by atoms with van der Waals surface area (Å²) in [6.07, 6.45) is 10.3. The Morgan fingerprint density at radius 1 is 1.12 bits per heavy atom. The van der Waals surface area contributed by atoms with Crippen LogP contribution in [0.5, 0.6) is 0 Å². The van der Waals surface area contributed by atoms with E-state index >= 15 is 0 Å². The lowest BCUT2D eigenvalue weighted by atomic mass is 9.53. The highest BCUT2D eigenvalue weighted by atomic mass is 16.3. The first-order chi connectivity index (χ1) is 11.2. The van der Waals surface area contributed by atoms with Gasteiger partial charge in [0, 0.05) is 0 Å². The largest absolute Gasteiger partial charge is 0.393 e. The topological polar surface area (TPSA) is 40.5 Å². The molecule has 0 heterocycles. The zero-order valence-corrected chi connectivity index (χ0v) is 16.8. The number of hydrogen-bond acceptors (Lipinski definition) is 2. The van der Waals surface area contributed by atoms with Crippen molar-refractivity contribution in [2.24, 2.45) is 35.0 Å². The summed E-state index contributed by atoms with van der Waals surface area (Å²) in [7, 11) is 0. The summed E-state index contributed by atoms with van der Waals surface area (Å²) in [6.45, 7) is 11.5. The SMILES string of the molecule is CC(O)CCCC1(C)CCCC(O)C1C1CC(C)CCC1C(C)C. The van der Waals surface area contributed by atoms with Gasteiger partial charge in [0.2, 0.25) is 0 Å². The first kappa shape index (κ1) is 20.2. The highest BCUT2D eigenvalue weighted by Gasteiger charge is 2.48. The van der Waals surface area contributed by atoms with E-state index in [4.69, 9.17) is 0 Å². The Morgan fingerprint density at radius 3 is 2.46 bits per heavy atom. The van der Waals surface area contributed by atoms with Crippen molar-refractivity contribution in [2.45, 2.75) is 105 Å². The normalized spacial score (nSPS) is 42.2. The predicted molar refractivity (Wildman–Crippen MR) is 102 cm³/mol. The van der Waals surface area contributed by atoms with Crippen LogP contribution in [0.1, 0.15) is 92.4 Å². The third-order valence-corrected chi connectivity index (χ3v) is 7.37. The van der Waals surface area contributed by atoms with E-state index in [2.05, 4.69) is 27.7 Å². The molecule has 7 atom stereocenters. The van der Waals surface area contributed by atoms with Crippen molar-refractivity contribution < 1.29 is 10.2 Å². The number of rotatable bonds is 6. The molecule has 0 aromatic heterocycles. The third-order valence-electron chi connectivity index (χ3n) is 7.37. The van der Waals surface area contributed by atoms with Gasteiger partial charge in [-0.15, -0.1) is 0 Å². The molecule has 0 saturated heterocycles. The Hall–Kier alpha value is -0.0800. The van der Waals surface area contributed by atoms with Crippen LogP contribution in [0.2, 0.25) is 0 Å². The summed E-state index contributed by atoms with van der Waals surface area (Å²) in [5.74, 6) is 3.44. The fourth-order valence-electron chi connectivity index (χ4n) is 6.11. The Labute approximate surface area is 150 Å². The van der Waals surface area contributed by atoms with Gasteiger partial charge in [0.05, 0.1) is 12.2 Å². The van der Waals surface area contributed by atoms with Crippen molar-refractivity contribution >= 4 is 0 Å². The molecule has 2 nitrogen and oxygen atoms in total. The fourth-order valence-corrected chi connectivity index (χ4v) is 6.11. The van der Waals surface area contributed by atoms with E-state index in [-0.39, 0.29) is 17.6 Å². The van der Waals surface area contributed by atoms with Crippen LogP contribution in [-0.4, -0.2) is 22.4 Å². The Bertz CT molecular complexity index is 378. The minimum atomic E-state index is -0.196. The van der Waals surface area contributed by atoms with Gasteiger partial charge < -0.3 is 10.2 Å². The molecule has 2 aliphatic rings. The molecule has 0 amide bonds. The lowest BCUT2D eigenvalue weighted by Gasteiger charge is -2.53. The summed E-state index contributed by atoms with van der Waals surface area (Å²) >= 11 is 0. The maximum absolute atomic E-state index is 11.0. The van der Waals surface area contributed by atoms with E-state index in [1.54, 1.807) is 0 Å².